The number of carbonyl (C=O) groups excluding carboxylic acids is 1. The van der Waals surface area contributed by atoms with Crippen LogP contribution in [0.3, 0.4) is 0 Å². The van der Waals surface area contributed by atoms with Crippen molar-refractivity contribution in [2.75, 3.05) is 33.2 Å². The van der Waals surface area contributed by atoms with E-state index in [2.05, 4.69) is 57.0 Å². The smallest absolute Gasteiger partial charge is 0.254 e. The first kappa shape index (κ1) is 23.8. The summed E-state index contributed by atoms with van der Waals surface area (Å²) in [4.78, 5) is 28.0. The van der Waals surface area contributed by atoms with Crippen molar-refractivity contribution < 1.29 is 9.53 Å². The minimum Gasteiger partial charge on any atom is -0.487 e. The number of carbonyl (C=O) groups is 1. The summed E-state index contributed by atoms with van der Waals surface area (Å²) >= 11 is 0. The number of rotatable bonds is 1. The number of piperazine rings is 1. The van der Waals surface area contributed by atoms with E-state index in [9.17, 15) is 4.79 Å². The second kappa shape index (κ2) is 8.63. The summed E-state index contributed by atoms with van der Waals surface area (Å²) in [7, 11) is 2.10. The molecular formula is C32H36N4O2. The van der Waals surface area contributed by atoms with E-state index in [0.29, 0.717) is 23.3 Å². The van der Waals surface area contributed by atoms with Gasteiger partial charge in [0.05, 0.1) is 22.1 Å². The number of hydrogen-bond donors (Lipinski definition) is 0. The van der Waals surface area contributed by atoms with Gasteiger partial charge in [-0.1, -0.05) is 37.6 Å². The molecule has 2 fully saturated rings. The second-order valence-corrected chi connectivity index (χ2v) is 12.3. The Morgan fingerprint density at radius 3 is 2.47 bits per heavy atom. The lowest BCUT2D eigenvalue weighted by molar-refractivity contribution is -0.0115. The van der Waals surface area contributed by atoms with E-state index in [4.69, 9.17) is 14.7 Å². The van der Waals surface area contributed by atoms with Crippen LogP contribution in [0.1, 0.15) is 61.9 Å². The third-order valence-electron chi connectivity index (χ3n) is 9.37. The minimum absolute atomic E-state index is 0.0758. The average molecular weight is 509 g/mol. The molecule has 3 aliphatic rings. The maximum absolute atomic E-state index is 13.3. The molecule has 0 unspecified atom stereocenters. The first-order chi connectivity index (χ1) is 18.3. The van der Waals surface area contributed by atoms with Crippen LogP contribution in [0.25, 0.3) is 32.8 Å². The van der Waals surface area contributed by atoms with Gasteiger partial charge in [-0.3, -0.25) is 4.79 Å². The molecule has 2 aliphatic heterocycles. The molecule has 1 saturated carbocycles. The highest BCUT2D eigenvalue weighted by atomic mass is 16.5. The number of hydrogen-bond acceptors (Lipinski definition) is 5. The minimum atomic E-state index is -0.225. The van der Waals surface area contributed by atoms with Crippen molar-refractivity contribution in [3.8, 4) is 5.75 Å². The molecule has 3 heterocycles. The van der Waals surface area contributed by atoms with Crippen molar-refractivity contribution in [3.63, 3.8) is 0 Å². The van der Waals surface area contributed by atoms with Gasteiger partial charge in [-0.2, -0.15) is 0 Å². The third kappa shape index (κ3) is 3.68. The Morgan fingerprint density at radius 2 is 1.68 bits per heavy atom. The Labute approximate surface area is 224 Å². The number of ether oxygens (including phenoxy) is 1. The predicted octanol–water partition coefficient (Wildman–Crippen LogP) is 6.01. The van der Waals surface area contributed by atoms with Gasteiger partial charge in [0.2, 0.25) is 0 Å². The van der Waals surface area contributed by atoms with E-state index in [1.54, 1.807) is 0 Å². The molecule has 3 aromatic carbocycles. The molecule has 6 nitrogen and oxygen atoms in total. The van der Waals surface area contributed by atoms with E-state index >= 15 is 0 Å². The number of benzene rings is 3. The van der Waals surface area contributed by atoms with Crippen LogP contribution < -0.4 is 4.74 Å². The maximum atomic E-state index is 13.3. The Bertz CT molecular complexity index is 1590. The molecule has 1 amide bonds. The molecule has 0 radical (unpaired) electrons. The maximum Gasteiger partial charge on any atom is 0.254 e. The molecule has 196 valence electrons. The van der Waals surface area contributed by atoms with E-state index in [1.807, 2.05) is 23.1 Å². The summed E-state index contributed by atoms with van der Waals surface area (Å²) in [6.45, 7) is 10.2. The van der Waals surface area contributed by atoms with Gasteiger partial charge in [0.25, 0.3) is 5.91 Å². The first-order valence-electron chi connectivity index (χ1n) is 14.1. The Hall–Kier alpha value is -3.25. The van der Waals surface area contributed by atoms with Gasteiger partial charge in [0.15, 0.2) is 0 Å². The zero-order chi connectivity index (χ0) is 26.2. The molecule has 3 atom stereocenters. The molecule has 1 aromatic heterocycles. The largest absolute Gasteiger partial charge is 0.487 e. The molecule has 6 heteroatoms. The molecule has 1 saturated heterocycles. The normalized spacial score (nSPS) is 25.3. The fourth-order valence-corrected chi connectivity index (χ4v) is 7.22. The molecule has 1 aliphatic carbocycles. The van der Waals surface area contributed by atoms with Gasteiger partial charge in [0, 0.05) is 54.0 Å². The van der Waals surface area contributed by atoms with Gasteiger partial charge in [-0.25, -0.2) is 9.97 Å². The van der Waals surface area contributed by atoms with Gasteiger partial charge >= 0.3 is 0 Å². The van der Waals surface area contributed by atoms with Crippen molar-refractivity contribution >= 4 is 38.7 Å². The number of fused-ring (bicyclic) bond motifs is 9. The van der Waals surface area contributed by atoms with Gasteiger partial charge in [-0.15, -0.1) is 0 Å². The summed E-state index contributed by atoms with van der Waals surface area (Å²) in [6.07, 6.45) is 3.56. The van der Waals surface area contributed by atoms with Crippen LogP contribution in [0.5, 0.6) is 5.75 Å². The van der Waals surface area contributed by atoms with E-state index in [0.717, 1.165) is 71.2 Å². The first-order valence-corrected chi connectivity index (χ1v) is 14.1. The van der Waals surface area contributed by atoms with Crippen LogP contribution in [-0.4, -0.2) is 64.5 Å². The van der Waals surface area contributed by atoms with Crippen molar-refractivity contribution in [3.05, 3.63) is 53.6 Å². The van der Waals surface area contributed by atoms with Crippen LogP contribution >= 0.6 is 0 Å². The van der Waals surface area contributed by atoms with Crippen molar-refractivity contribution in [2.45, 2.75) is 51.6 Å². The average Bonchev–Trinajstić information content (AvgIpc) is 2.91. The predicted molar refractivity (Wildman–Crippen MR) is 152 cm³/mol. The van der Waals surface area contributed by atoms with Crippen LogP contribution in [0.15, 0.2) is 42.5 Å². The van der Waals surface area contributed by atoms with Gasteiger partial charge in [-0.05, 0) is 63.8 Å². The summed E-state index contributed by atoms with van der Waals surface area (Å²) in [5.41, 5.74) is 5.17. The number of nitrogens with zero attached hydrogens (tertiary/aromatic N) is 4. The lowest BCUT2D eigenvalue weighted by Crippen LogP contribution is -2.47. The van der Waals surface area contributed by atoms with E-state index < -0.39 is 0 Å². The van der Waals surface area contributed by atoms with Crippen molar-refractivity contribution in [1.29, 1.82) is 0 Å². The highest BCUT2D eigenvalue weighted by Gasteiger charge is 2.47. The third-order valence-corrected chi connectivity index (χ3v) is 9.37. The summed E-state index contributed by atoms with van der Waals surface area (Å²) in [6, 6.07) is 14.3. The Morgan fingerprint density at radius 1 is 0.947 bits per heavy atom. The standard InChI is InChI=1S/C32H36N4O2/c1-19-9-11-24-23(17-19)27-29-28(21-7-5-6-8-22(21)30(27)38-32(24,2)3)34-26-18-20(10-12-25(26)33-29)31(37)36-15-13-35(4)14-16-36/h5-8,10,12,18-19,23-24H,9,11,13-17H2,1-4H3/t19-,23-,24-/m0/s1. The topological polar surface area (TPSA) is 58.6 Å². The van der Waals surface area contributed by atoms with Gasteiger partial charge < -0.3 is 14.5 Å². The number of aromatic nitrogens is 2. The zero-order valence-corrected chi connectivity index (χ0v) is 22.8. The zero-order valence-electron chi connectivity index (χ0n) is 22.8. The lowest BCUT2D eigenvalue weighted by atomic mass is 9.64. The molecular weight excluding hydrogens is 472 g/mol. The highest BCUT2D eigenvalue weighted by molar-refractivity contribution is 6.11. The molecule has 0 spiro atoms. The molecule has 0 N–H and O–H groups in total. The number of amides is 1. The van der Waals surface area contributed by atoms with E-state index in [-0.39, 0.29) is 11.5 Å². The fourth-order valence-electron chi connectivity index (χ4n) is 7.22. The van der Waals surface area contributed by atoms with Crippen molar-refractivity contribution in [1.82, 2.24) is 19.8 Å². The van der Waals surface area contributed by atoms with Crippen LogP contribution in [-0.2, 0) is 0 Å². The molecule has 0 bridgehead atoms. The van der Waals surface area contributed by atoms with Crippen LogP contribution in [0.2, 0.25) is 0 Å². The van der Waals surface area contributed by atoms with Gasteiger partial charge in [0.1, 0.15) is 11.4 Å². The highest BCUT2D eigenvalue weighted by Crippen LogP contribution is 2.56. The van der Waals surface area contributed by atoms with Crippen LogP contribution in [0, 0.1) is 11.8 Å². The SMILES string of the molecule is C[C@H]1CC[C@H]2[C@H](C1)c1c(c3ccccc3c3nc4cc(C(=O)N5CCN(C)CC5)ccc4nc13)OC2(C)C. The van der Waals surface area contributed by atoms with Crippen molar-refractivity contribution in [2.24, 2.45) is 11.8 Å². The fraction of sp³-hybridized carbons (Fsp3) is 0.469. The molecule has 38 heavy (non-hydrogen) atoms. The lowest BCUT2D eigenvalue weighted by Gasteiger charge is -2.49. The van der Waals surface area contributed by atoms with Crippen LogP contribution in [0.4, 0.5) is 0 Å². The summed E-state index contributed by atoms with van der Waals surface area (Å²) in [5, 5.41) is 2.17. The Kier molecular flexibility index (Phi) is 5.42. The molecule has 7 rings (SSSR count). The summed E-state index contributed by atoms with van der Waals surface area (Å²) < 4.78 is 6.86. The summed E-state index contributed by atoms with van der Waals surface area (Å²) in [5.74, 6) is 2.60. The number of likely N-dealkylation sites (N-methyl/N-ethyl adjacent to an activating group) is 1. The quantitative estimate of drug-likeness (QED) is 0.233. The Balaban J connectivity index is 1.43. The van der Waals surface area contributed by atoms with E-state index in [1.165, 1.54) is 18.4 Å². The second-order valence-electron chi connectivity index (χ2n) is 12.3. The monoisotopic (exact) mass is 508 g/mol. The molecule has 4 aromatic rings.